The third-order valence-electron chi connectivity index (χ3n) is 5.63. The molecule has 0 unspecified atom stereocenters. The van der Waals surface area contributed by atoms with Crippen LogP contribution < -0.4 is 0 Å². The van der Waals surface area contributed by atoms with Gasteiger partial charge in [-0.25, -0.2) is 8.42 Å². The average molecular weight is 314 g/mol. The highest BCUT2D eigenvalue weighted by Gasteiger charge is 2.65. The molecule has 0 aromatic rings. The molecule has 1 saturated carbocycles. The summed E-state index contributed by atoms with van der Waals surface area (Å²) in [6.45, 7) is 3.74. The van der Waals surface area contributed by atoms with E-state index in [0.29, 0.717) is 32.6 Å². The first-order valence-corrected chi connectivity index (χ1v) is 9.42. The third-order valence-corrected chi connectivity index (χ3v) is 8.08. The number of nitrogens with zero attached hydrogens (tertiary/aromatic N) is 2. The van der Waals surface area contributed by atoms with Gasteiger partial charge in [0.25, 0.3) is 0 Å². The fourth-order valence-corrected chi connectivity index (χ4v) is 6.64. The summed E-state index contributed by atoms with van der Waals surface area (Å²) >= 11 is 0. The van der Waals surface area contributed by atoms with Gasteiger partial charge in [-0.3, -0.25) is 4.79 Å². The Bertz CT molecular complexity index is 574. The molecule has 2 bridgehead atoms. The Labute approximate surface area is 125 Å². The standard InChI is InChI=1S/C14H22N2O4S/c1-2-16-9-14-8-15(13(17)10-4-3-5-10)7-11(20-14)6-12(14)21(16,18)19/h10-12H,2-9H2,1H3/t11-,12-,14-/m1/s1. The van der Waals surface area contributed by atoms with Gasteiger partial charge in [-0.05, 0) is 19.3 Å². The fraction of sp³-hybridized carbons (Fsp3) is 0.929. The van der Waals surface area contributed by atoms with Crippen molar-refractivity contribution in [1.29, 1.82) is 0 Å². The fourth-order valence-electron chi connectivity index (χ4n) is 4.32. The summed E-state index contributed by atoms with van der Waals surface area (Å²) in [6.07, 6.45) is 3.53. The Hall–Kier alpha value is -0.660. The number of rotatable bonds is 2. The van der Waals surface area contributed by atoms with Crippen molar-refractivity contribution in [1.82, 2.24) is 9.21 Å². The third kappa shape index (κ3) is 1.83. The van der Waals surface area contributed by atoms with E-state index in [1.165, 1.54) is 4.31 Å². The summed E-state index contributed by atoms with van der Waals surface area (Å²) < 4.78 is 32.7. The molecule has 0 N–H and O–H groups in total. The van der Waals surface area contributed by atoms with Crippen LogP contribution in [-0.4, -0.2) is 66.7 Å². The molecule has 6 nitrogen and oxygen atoms in total. The van der Waals surface area contributed by atoms with Gasteiger partial charge in [-0.1, -0.05) is 13.3 Å². The summed E-state index contributed by atoms with van der Waals surface area (Å²) in [5.74, 6) is 0.375. The number of likely N-dealkylation sites (tertiary alicyclic amines) is 1. The minimum absolute atomic E-state index is 0.110. The second-order valence-corrected chi connectivity index (χ2v) is 8.96. The van der Waals surface area contributed by atoms with Crippen LogP contribution in [0, 0.1) is 5.92 Å². The summed E-state index contributed by atoms with van der Waals surface area (Å²) in [6, 6.07) is 0. The molecule has 1 aliphatic carbocycles. The lowest BCUT2D eigenvalue weighted by Crippen LogP contribution is -2.57. The molecule has 4 fully saturated rings. The number of hydrogen-bond acceptors (Lipinski definition) is 4. The molecule has 3 atom stereocenters. The molecule has 3 aliphatic heterocycles. The number of hydrogen-bond donors (Lipinski definition) is 0. The molecule has 0 radical (unpaired) electrons. The summed E-state index contributed by atoms with van der Waals surface area (Å²) in [7, 11) is -3.27. The SMILES string of the molecule is CCN1C[C@]23CN(C(=O)C4CCC4)C[C@@H](C[C@H]2S1(=O)=O)O3. The molecule has 0 aromatic carbocycles. The van der Waals surface area contributed by atoms with E-state index >= 15 is 0 Å². The van der Waals surface area contributed by atoms with Gasteiger partial charge < -0.3 is 9.64 Å². The van der Waals surface area contributed by atoms with Crippen LogP contribution >= 0.6 is 0 Å². The minimum Gasteiger partial charge on any atom is -0.365 e. The van der Waals surface area contributed by atoms with Crippen LogP contribution in [0.2, 0.25) is 0 Å². The Morgan fingerprint density at radius 2 is 2.10 bits per heavy atom. The Morgan fingerprint density at radius 1 is 1.33 bits per heavy atom. The van der Waals surface area contributed by atoms with Gasteiger partial charge in [-0.2, -0.15) is 4.31 Å². The van der Waals surface area contributed by atoms with E-state index in [4.69, 9.17) is 4.74 Å². The maximum Gasteiger partial charge on any atom is 0.225 e. The van der Waals surface area contributed by atoms with Crippen molar-refractivity contribution in [3.05, 3.63) is 0 Å². The van der Waals surface area contributed by atoms with E-state index in [1.807, 2.05) is 11.8 Å². The predicted octanol–water partition coefficient (Wildman–Crippen LogP) is 0.190. The van der Waals surface area contributed by atoms with E-state index in [2.05, 4.69) is 0 Å². The van der Waals surface area contributed by atoms with Gasteiger partial charge >= 0.3 is 0 Å². The van der Waals surface area contributed by atoms with Crippen LogP contribution in [0.5, 0.6) is 0 Å². The highest BCUT2D eigenvalue weighted by atomic mass is 32.2. The van der Waals surface area contributed by atoms with E-state index in [-0.39, 0.29) is 17.9 Å². The number of morpholine rings is 1. The monoisotopic (exact) mass is 314 g/mol. The minimum atomic E-state index is -3.27. The molecule has 1 spiro atoms. The van der Waals surface area contributed by atoms with Crippen molar-refractivity contribution in [2.45, 2.75) is 49.6 Å². The molecule has 0 aromatic heterocycles. The lowest BCUT2D eigenvalue weighted by atomic mass is 9.84. The highest BCUT2D eigenvalue weighted by Crippen LogP contribution is 2.47. The molecule has 3 saturated heterocycles. The number of ether oxygens (including phenoxy) is 1. The lowest BCUT2D eigenvalue weighted by molar-refractivity contribution is -0.156. The predicted molar refractivity (Wildman–Crippen MR) is 76.1 cm³/mol. The zero-order valence-corrected chi connectivity index (χ0v) is 13.1. The van der Waals surface area contributed by atoms with Crippen molar-refractivity contribution in [2.24, 2.45) is 5.92 Å². The molecular weight excluding hydrogens is 292 g/mol. The van der Waals surface area contributed by atoms with Crippen LogP contribution in [0.25, 0.3) is 0 Å². The number of carbonyl (C=O) groups excluding carboxylic acids is 1. The van der Waals surface area contributed by atoms with Crippen molar-refractivity contribution in [2.75, 3.05) is 26.2 Å². The smallest absolute Gasteiger partial charge is 0.225 e. The molecule has 7 heteroatoms. The van der Waals surface area contributed by atoms with Crippen molar-refractivity contribution < 1.29 is 17.9 Å². The van der Waals surface area contributed by atoms with E-state index < -0.39 is 20.9 Å². The molecule has 4 rings (SSSR count). The van der Waals surface area contributed by atoms with Gasteiger partial charge in [-0.15, -0.1) is 0 Å². The largest absolute Gasteiger partial charge is 0.365 e. The van der Waals surface area contributed by atoms with E-state index in [0.717, 1.165) is 19.3 Å². The summed E-state index contributed by atoms with van der Waals surface area (Å²) in [5.41, 5.74) is -0.683. The molecular formula is C14H22N2O4S. The van der Waals surface area contributed by atoms with Crippen LogP contribution in [0.4, 0.5) is 0 Å². The number of amides is 1. The lowest BCUT2D eigenvalue weighted by Gasteiger charge is -2.42. The number of fused-ring (bicyclic) bond motifs is 1. The van der Waals surface area contributed by atoms with Gasteiger partial charge in [0.15, 0.2) is 0 Å². The maximum atomic E-state index is 12.6. The molecule has 118 valence electrons. The van der Waals surface area contributed by atoms with Crippen LogP contribution in [0.3, 0.4) is 0 Å². The Balaban J connectivity index is 1.61. The zero-order chi connectivity index (χ0) is 14.8. The molecule has 4 aliphatic rings. The zero-order valence-electron chi connectivity index (χ0n) is 12.3. The van der Waals surface area contributed by atoms with Crippen LogP contribution in [0.15, 0.2) is 0 Å². The second-order valence-electron chi connectivity index (χ2n) is 6.85. The Morgan fingerprint density at radius 3 is 2.71 bits per heavy atom. The van der Waals surface area contributed by atoms with Gasteiger partial charge in [0, 0.05) is 25.6 Å². The topological polar surface area (TPSA) is 66.9 Å². The number of sulfonamides is 1. The van der Waals surface area contributed by atoms with E-state index in [1.54, 1.807) is 0 Å². The first kappa shape index (κ1) is 14.0. The first-order chi connectivity index (χ1) is 9.96. The quantitative estimate of drug-likeness (QED) is 0.730. The highest BCUT2D eigenvalue weighted by molar-refractivity contribution is 7.90. The van der Waals surface area contributed by atoms with E-state index in [9.17, 15) is 13.2 Å². The first-order valence-electron chi connectivity index (χ1n) is 7.92. The van der Waals surface area contributed by atoms with Gasteiger partial charge in [0.05, 0.1) is 12.6 Å². The van der Waals surface area contributed by atoms with Gasteiger partial charge in [0.1, 0.15) is 10.9 Å². The number of carbonyl (C=O) groups is 1. The normalized spacial score (nSPS) is 41.9. The van der Waals surface area contributed by atoms with Crippen LogP contribution in [0.1, 0.15) is 32.6 Å². The number of likely N-dealkylation sites (N-methyl/N-ethyl adjacent to an activating group) is 1. The second kappa shape index (κ2) is 4.43. The summed E-state index contributed by atoms with van der Waals surface area (Å²) in [4.78, 5) is 14.4. The van der Waals surface area contributed by atoms with Gasteiger partial charge in [0.2, 0.25) is 15.9 Å². The average Bonchev–Trinajstić information content (AvgIpc) is 2.74. The summed E-state index contributed by atoms with van der Waals surface area (Å²) in [5, 5.41) is -0.464. The van der Waals surface area contributed by atoms with Crippen molar-refractivity contribution >= 4 is 15.9 Å². The molecule has 1 amide bonds. The maximum absolute atomic E-state index is 12.6. The molecule has 21 heavy (non-hydrogen) atoms. The van der Waals surface area contributed by atoms with Crippen LogP contribution in [-0.2, 0) is 19.6 Å². The Kier molecular flexibility index (Phi) is 2.94. The molecule has 3 heterocycles. The van der Waals surface area contributed by atoms with Crippen molar-refractivity contribution in [3.8, 4) is 0 Å². The van der Waals surface area contributed by atoms with Crippen molar-refractivity contribution in [3.63, 3.8) is 0 Å².